The van der Waals surface area contributed by atoms with E-state index in [4.69, 9.17) is 11.6 Å². The van der Waals surface area contributed by atoms with Gasteiger partial charge in [0.15, 0.2) is 0 Å². The van der Waals surface area contributed by atoms with Gasteiger partial charge in [0.05, 0.1) is 5.69 Å². The fourth-order valence-electron chi connectivity index (χ4n) is 1.93. The SMILES string of the molecule is CC(=O)Nc1cccc2c(O)c(NC(=O)CCl)ccc12. The predicted octanol–water partition coefficient (Wildman–Crippen LogP) is 2.68. The highest BCUT2D eigenvalue weighted by molar-refractivity contribution is 6.29. The minimum atomic E-state index is -0.403. The Bertz CT molecular complexity index is 685. The number of halogens is 1. The predicted molar refractivity (Wildman–Crippen MR) is 79.3 cm³/mol. The van der Waals surface area contributed by atoms with E-state index in [1.807, 2.05) is 0 Å². The van der Waals surface area contributed by atoms with Crippen LogP contribution in [0.2, 0.25) is 0 Å². The number of carbonyl (C=O) groups is 2. The van der Waals surface area contributed by atoms with E-state index >= 15 is 0 Å². The molecule has 0 saturated carbocycles. The maximum absolute atomic E-state index is 11.3. The molecule has 0 atom stereocenters. The second-order valence-corrected chi connectivity index (χ2v) is 4.49. The van der Waals surface area contributed by atoms with Crippen LogP contribution >= 0.6 is 11.6 Å². The van der Waals surface area contributed by atoms with E-state index in [1.54, 1.807) is 30.3 Å². The average molecular weight is 293 g/mol. The molecule has 0 unspecified atom stereocenters. The average Bonchev–Trinajstić information content (AvgIpc) is 2.41. The van der Waals surface area contributed by atoms with Crippen LogP contribution < -0.4 is 10.6 Å². The summed E-state index contributed by atoms with van der Waals surface area (Å²) in [6, 6.07) is 8.42. The van der Waals surface area contributed by atoms with E-state index in [9.17, 15) is 14.7 Å². The van der Waals surface area contributed by atoms with Crippen LogP contribution in [-0.2, 0) is 9.59 Å². The van der Waals surface area contributed by atoms with Crippen molar-refractivity contribution in [2.75, 3.05) is 16.5 Å². The van der Waals surface area contributed by atoms with Crippen molar-refractivity contribution in [3.63, 3.8) is 0 Å². The highest BCUT2D eigenvalue weighted by atomic mass is 35.5. The number of aromatic hydroxyl groups is 1. The summed E-state index contributed by atoms with van der Waals surface area (Å²) in [6.07, 6.45) is 0. The van der Waals surface area contributed by atoms with Crippen LogP contribution in [0, 0.1) is 0 Å². The standard InChI is InChI=1S/C14H13ClN2O3/c1-8(18)16-11-4-2-3-10-9(11)5-6-12(14(10)20)17-13(19)7-15/h2-6,20H,7H2,1H3,(H,16,18)(H,17,19). The summed E-state index contributed by atoms with van der Waals surface area (Å²) >= 11 is 5.41. The lowest BCUT2D eigenvalue weighted by atomic mass is 10.1. The fourth-order valence-corrected chi connectivity index (χ4v) is 1.99. The van der Waals surface area contributed by atoms with Gasteiger partial charge in [0.2, 0.25) is 11.8 Å². The van der Waals surface area contributed by atoms with Crippen molar-refractivity contribution in [2.45, 2.75) is 6.92 Å². The molecule has 0 aliphatic rings. The third-order valence-electron chi connectivity index (χ3n) is 2.74. The lowest BCUT2D eigenvalue weighted by Crippen LogP contribution is -2.12. The van der Waals surface area contributed by atoms with Gasteiger partial charge < -0.3 is 15.7 Å². The molecule has 0 aliphatic heterocycles. The molecule has 0 radical (unpaired) electrons. The van der Waals surface area contributed by atoms with Crippen molar-refractivity contribution in [1.82, 2.24) is 0 Å². The number of rotatable bonds is 3. The first-order valence-electron chi connectivity index (χ1n) is 5.91. The molecule has 5 nitrogen and oxygen atoms in total. The molecule has 6 heteroatoms. The summed E-state index contributed by atoms with van der Waals surface area (Å²) in [7, 11) is 0. The number of anilines is 2. The van der Waals surface area contributed by atoms with Crippen LogP contribution in [0.4, 0.5) is 11.4 Å². The molecular formula is C14H13ClN2O3. The van der Waals surface area contributed by atoms with Crippen molar-refractivity contribution >= 4 is 45.6 Å². The first-order valence-corrected chi connectivity index (χ1v) is 6.44. The third-order valence-corrected chi connectivity index (χ3v) is 2.98. The normalized spacial score (nSPS) is 10.3. The van der Waals surface area contributed by atoms with E-state index in [1.165, 1.54) is 6.92 Å². The van der Waals surface area contributed by atoms with Gasteiger partial charge in [0.1, 0.15) is 11.6 Å². The van der Waals surface area contributed by atoms with E-state index in [2.05, 4.69) is 10.6 Å². The maximum Gasteiger partial charge on any atom is 0.239 e. The molecule has 0 fully saturated rings. The van der Waals surface area contributed by atoms with E-state index in [0.29, 0.717) is 16.5 Å². The van der Waals surface area contributed by atoms with Gasteiger partial charge in [-0.3, -0.25) is 9.59 Å². The number of hydrogen-bond donors (Lipinski definition) is 3. The van der Waals surface area contributed by atoms with Crippen molar-refractivity contribution in [3.05, 3.63) is 30.3 Å². The molecule has 3 N–H and O–H groups in total. The zero-order valence-electron chi connectivity index (χ0n) is 10.7. The largest absolute Gasteiger partial charge is 0.505 e. The molecule has 0 aromatic heterocycles. The number of alkyl halides is 1. The summed E-state index contributed by atoms with van der Waals surface area (Å²) in [5.74, 6) is -0.854. The number of phenolic OH excluding ortho intramolecular Hbond substituents is 1. The Morgan fingerprint density at radius 2 is 1.85 bits per heavy atom. The molecule has 0 bridgehead atoms. The monoisotopic (exact) mass is 292 g/mol. The molecule has 104 valence electrons. The van der Waals surface area contributed by atoms with Gasteiger partial charge in [-0.15, -0.1) is 11.6 Å². The Hall–Kier alpha value is -2.27. The Morgan fingerprint density at radius 3 is 2.50 bits per heavy atom. The summed E-state index contributed by atoms with van der Waals surface area (Å²) in [4.78, 5) is 22.4. The minimum Gasteiger partial charge on any atom is -0.505 e. The summed E-state index contributed by atoms with van der Waals surface area (Å²) < 4.78 is 0. The molecule has 0 spiro atoms. The lowest BCUT2D eigenvalue weighted by Gasteiger charge is -2.11. The van der Waals surface area contributed by atoms with Gasteiger partial charge in [-0.1, -0.05) is 12.1 Å². The van der Waals surface area contributed by atoms with Gasteiger partial charge in [0.25, 0.3) is 0 Å². The van der Waals surface area contributed by atoms with Crippen LogP contribution in [0.3, 0.4) is 0 Å². The highest BCUT2D eigenvalue weighted by Crippen LogP contribution is 2.35. The molecule has 0 heterocycles. The Labute approximate surface area is 120 Å². The maximum atomic E-state index is 11.3. The van der Waals surface area contributed by atoms with E-state index in [0.717, 1.165) is 0 Å². The van der Waals surface area contributed by atoms with Crippen LogP contribution in [0.1, 0.15) is 6.92 Å². The fraction of sp³-hybridized carbons (Fsp3) is 0.143. The van der Waals surface area contributed by atoms with Crippen LogP contribution in [0.15, 0.2) is 30.3 Å². The number of hydrogen-bond acceptors (Lipinski definition) is 3. The van der Waals surface area contributed by atoms with Gasteiger partial charge in [-0.2, -0.15) is 0 Å². The lowest BCUT2D eigenvalue weighted by molar-refractivity contribution is -0.114. The van der Waals surface area contributed by atoms with Crippen molar-refractivity contribution in [1.29, 1.82) is 0 Å². The van der Waals surface area contributed by atoms with Gasteiger partial charge in [-0.25, -0.2) is 0 Å². The molecule has 2 amide bonds. The van der Waals surface area contributed by atoms with Gasteiger partial charge >= 0.3 is 0 Å². The van der Waals surface area contributed by atoms with E-state index in [-0.39, 0.29) is 23.2 Å². The van der Waals surface area contributed by atoms with Crippen molar-refractivity contribution in [2.24, 2.45) is 0 Å². The second-order valence-electron chi connectivity index (χ2n) is 4.23. The van der Waals surface area contributed by atoms with Crippen LogP contribution in [-0.4, -0.2) is 22.8 Å². The summed E-state index contributed by atoms with van der Waals surface area (Å²) in [5, 5.41) is 16.6. The third kappa shape index (κ3) is 2.83. The first-order chi connectivity index (χ1) is 9.52. The Balaban J connectivity index is 2.51. The number of fused-ring (bicyclic) bond motifs is 1. The Kier molecular flexibility index (Phi) is 4.10. The van der Waals surface area contributed by atoms with Crippen molar-refractivity contribution in [3.8, 4) is 5.75 Å². The van der Waals surface area contributed by atoms with Crippen molar-refractivity contribution < 1.29 is 14.7 Å². The topological polar surface area (TPSA) is 78.4 Å². The smallest absolute Gasteiger partial charge is 0.239 e. The van der Waals surface area contributed by atoms with Gasteiger partial charge in [-0.05, 0) is 18.2 Å². The quantitative estimate of drug-likeness (QED) is 0.601. The first kappa shape index (κ1) is 14.1. The molecule has 0 aliphatic carbocycles. The minimum absolute atomic E-state index is 0.0619. The number of benzene rings is 2. The molecule has 20 heavy (non-hydrogen) atoms. The molecule has 2 aromatic rings. The summed E-state index contributed by atoms with van der Waals surface area (Å²) in [5.41, 5.74) is 0.878. The highest BCUT2D eigenvalue weighted by Gasteiger charge is 2.11. The van der Waals surface area contributed by atoms with Crippen LogP contribution in [0.5, 0.6) is 5.75 Å². The number of nitrogens with one attached hydrogen (secondary N) is 2. The molecule has 2 aromatic carbocycles. The number of amides is 2. The zero-order valence-corrected chi connectivity index (χ0v) is 11.5. The number of phenols is 1. The molecule has 2 rings (SSSR count). The van der Waals surface area contributed by atoms with Crippen LogP contribution in [0.25, 0.3) is 10.8 Å². The zero-order chi connectivity index (χ0) is 14.7. The molecule has 0 saturated heterocycles. The Morgan fingerprint density at radius 1 is 1.10 bits per heavy atom. The van der Waals surface area contributed by atoms with Gasteiger partial charge in [0, 0.05) is 23.4 Å². The summed E-state index contributed by atoms with van der Waals surface area (Å²) in [6.45, 7) is 1.41. The second kappa shape index (κ2) is 5.79. The molecular weight excluding hydrogens is 280 g/mol. The number of carbonyl (C=O) groups excluding carboxylic acids is 2. The van der Waals surface area contributed by atoms with E-state index < -0.39 is 5.91 Å².